The number of anilines is 2. The number of piperidine rings is 1. The number of fused-ring (bicyclic) bond motifs is 1. The molecule has 0 bridgehead atoms. The number of nitrogen functional groups attached to an aromatic ring is 1. The fraction of sp³-hybridized carbons (Fsp3) is 0.360. The van der Waals surface area contributed by atoms with Gasteiger partial charge >= 0.3 is 0 Å². The molecule has 212 valence electrons. The minimum Gasteiger partial charge on any atom is -0.494 e. The van der Waals surface area contributed by atoms with E-state index in [1.165, 1.54) is 30.3 Å². The Morgan fingerprint density at radius 3 is 2.73 bits per heavy atom. The molecular weight excluding hydrogens is 536 g/mol. The van der Waals surface area contributed by atoms with E-state index in [4.69, 9.17) is 16.2 Å². The van der Waals surface area contributed by atoms with Crippen molar-refractivity contribution < 1.29 is 27.4 Å². The van der Waals surface area contributed by atoms with E-state index in [0.29, 0.717) is 24.2 Å². The molecular formula is C25H26F4N8O3. The van der Waals surface area contributed by atoms with Crippen LogP contribution in [-0.2, 0) is 6.54 Å². The summed E-state index contributed by atoms with van der Waals surface area (Å²) >= 11 is 0. The number of alkyl halides is 2. The third-order valence-electron chi connectivity index (χ3n) is 7.04. The van der Waals surface area contributed by atoms with Crippen molar-refractivity contribution >= 4 is 22.8 Å². The second kappa shape index (κ2) is 10.4. The highest BCUT2D eigenvalue weighted by Crippen LogP contribution is 2.34. The van der Waals surface area contributed by atoms with Crippen LogP contribution in [0.5, 0.6) is 5.75 Å². The zero-order valence-corrected chi connectivity index (χ0v) is 21.2. The standard InChI is InChI=1S/C25H26F4N8O3/c1-40-18-7-14(26)13(6-15(18)27)16-5-12(9-37-11-33-19-22(37)34-24(30)35-23(19)39)17(8-32-16)36-4-2-3-25(31,10-36)20(38)21(28)29/h5-8,11,20-21,38H,2-4,9-10,31H2,1H3,(H3,30,34,35,39)/t20-,25-/m1/s1. The van der Waals surface area contributed by atoms with Gasteiger partial charge in [0.05, 0.1) is 43.1 Å². The van der Waals surface area contributed by atoms with Crippen molar-refractivity contribution in [2.24, 2.45) is 5.73 Å². The van der Waals surface area contributed by atoms with Crippen LogP contribution in [0.3, 0.4) is 0 Å². The first-order chi connectivity index (χ1) is 19.0. The van der Waals surface area contributed by atoms with Gasteiger partial charge in [0, 0.05) is 24.7 Å². The van der Waals surface area contributed by atoms with Crippen LogP contribution in [0.15, 0.2) is 35.5 Å². The number of aliphatic hydroxyl groups is 1. The number of aromatic nitrogens is 5. The van der Waals surface area contributed by atoms with Crippen molar-refractivity contribution in [1.82, 2.24) is 24.5 Å². The molecule has 4 heterocycles. The molecule has 15 heteroatoms. The van der Waals surface area contributed by atoms with Crippen LogP contribution in [0.25, 0.3) is 22.4 Å². The van der Waals surface area contributed by atoms with Crippen LogP contribution in [0, 0.1) is 11.6 Å². The predicted octanol–water partition coefficient (Wildman–Crippen LogP) is 2.02. The highest BCUT2D eigenvalue weighted by atomic mass is 19.3. The number of nitrogens with two attached hydrogens (primary N) is 2. The van der Waals surface area contributed by atoms with Gasteiger partial charge in [-0.15, -0.1) is 0 Å². The van der Waals surface area contributed by atoms with Gasteiger partial charge < -0.3 is 30.8 Å². The van der Waals surface area contributed by atoms with Gasteiger partial charge in [0.1, 0.15) is 11.9 Å². The maximum atomic E-state index is 14.9. The number of halogens is 4. The first-order valence-corrected chi connectivity index (χ1v) is 12.2. The summed E-state index contributed by atoms with van der Waals surface area (Å²) in [7, 11) is 1.21. The van der Waals surface area contributed by atoms with Crippen molar-refractivity contribution in [2.45, 2.75) is 37.5 Å². The second-order valence-electron chi connectivity index (χ2n) is 9.70. The van der Waals surface area contributed by atoms with Crippen LogP contribution in [0.4, 0.5) is 29.2 Å². The van der Waals surface area contributed by atoms with Crippen LogP contribution >= 0.6 is 0 Å². The van der Waals surface area contributed by atoms with Crippen molar-refractivity contribution in [3.8, 4) is 17.0 Å². The van der Waals surface area contributed by atoms with E-state index in [2.05, 4.69) is 19.9 Å². The number of nitrogens with zero attached hydrogens (tertiary/aromatic N) is 5. The fourth-order valence-electron chi connectivity index (χ4n) is 5.01. The molecule has 11 nitrogen and oxygen atoms in total. The average Bonchev–Trinajstić information content (AvgIpc) is 3.31. The van der Waals surface area contributed by atoms with Crippen molar-refractivity contribution in [3.05, 3.63) is 58.3 Å². The first-order valence-electron chi connectivity index (χ1n) is 12.2. The molecule has 0 aliphatic carbocycles. The lowest BCUT2D eigenvalue weighted by atomic mass is 9.84. The summed E-state index contributed by atoms with van der Waals surface area (Å²) in [6.07, 6.45) is -1.75. The van der Waals surface area contributed by atoms with Gasteiger partial charge in [-0.2, -0.15) is 4.98 Å². The average molecular weight is 563 g/mol. The summed E-state index contributed by atoms with van der Waals surface area (Å²) in [6, 6.07) is 3.37. The van der Waals surface area contributed by atoms with Crippen LogP contribution in [0.1, 0.15) is 18.4 Å². The molecule has 6 N–H and O–H groups in total. The van der Waals surface area contributed by atoms with Crippen LogP contribution in [-0.4, -0.2) is 67.9 Å². The third-order valence-corrected chi connectivity index (χ3v) is 7.04. The number of H-pyrrole nitrogens is 1. The minimum atomic E-state index is -3.04. The number of pyridine rings is 1. The number of aromatic amines is 1. The smallest absolute Gasteiger partial charge is 0.280 e. The van der Waals surface area contributed by atoms with E-state index >= 15 is 0 Å². The Kier molecular flexibility index (Phi) is 7.10. The Morgan fingerprint density at radius 2 is 2.00 bits per heavy atom. The number of rotatable bonds is 7. The molecule has 2 atom stereocenters. The largest absolute Gasteiger partial charge is 0.494 e. The summed E-state index contributed by atoms with van der Waals surface area (Å²) in [5.74, 6) is -1.98. The molecule has 40 heavy (non-hydrogen) atoms. The number of hydrogen-bond donors (Lipinski definition) is 4. The Bertz CT molecular complexity index is 1630. The van der Waals surface area contributed by atoms with Gasteiger partial charge in [-0.25, -0.2) is 22.5 Å². The quantitative estimate of drug-likeness (QED) is 0.247. The normalized spacial score (nSPS) is 18.4. The molecule has 0 radical (unpaired) electrons. The van der Waals surface area contributed by atoms with Crippen molar-refractivity contribution in [3.63, 3.8) is 0 Å². The van der Waals surface area contributed by atoms with E-state index in [1.54, 1.807) is 4.90 Å². The minimum absolute atomic E-state index is 0.0168. The lowest BCUT2D eigenvalue weighted by Crippen LogP contribution is -2.63. The number of ether oxygens (including phenoxy) is 1. The van der Waals surface area contributed by atoms with E-state index in [-0.39, 0.29) is 53.6 Å². The van der Waals surface area contributed by atoms with Gasteiger partial charge in [0.15, 0.2) is 22.7 Å². The number of imidazole rings is 1. The lowest BCUT2D eigenvalue weighted by Gasteiger charge is -2.44. The summed E-state index contributed by atoms with van der Waals surface area (Å²) in [6.45, 7) is 0.306. The maximum absolute atomic E-state index is 14.9. The molecule has 0 unspecified atom stereocenters. The Morgan fingerprint density at radius 1 is 1.23 bits per heavy atom. The Labute approximate surface area is 224 Å². The topological polar surface area (TPSA) is 161 Å². The molecule has 0 amide bonds. The summed E-state index contributed by atoms with van der Waals surface area (Å²) < 4.78 is 62.6. The molecule has 1 aliphatic rings. The van der Waals surface area contributed by atoms with E-state index in [9.17, 15) is 27.5 Å². The van der Waals surface area contributed by atoms with Crippen molar-refractivity contribution in [1.29, 1.82) is 0 Å². The van der Waals surface area contributed by atoms with Crippen LogP contribution in [0.2, 0.25) is 0 Å². The molecule has 1 aliphatic heterocycles. The predicted molar refractivity (Wildman–Crippen MR) is 138 cm³/mol. The zero-order chi connectivity index (χ0) is 28.8. The Balaban J connectivity index is 1.62. The van der Waals surface area contributed by atoms with Crippen LogP contribution < -0.4 is 26.7 Å². The SMILES string of the molecule is COc1cc(F)c(-c2cc(Cn3cnc4c(=O)[nH]c(N)nc43)c(N3CCC[C@](N)([C@H](O)C(F)F)C3)cn2)cc1F. The third kappa shape index (κ3) is 4.93. The first kappa shape index (κ1) is 27.3. The van der Waals surface area contributed by atoms with E-state index < -0.39 is 35.3 Å². The molecule has 1 saturated heterocycles. The zero-order valence-electron chi connectivity index (χ0n) is 21.2. The van der Waals surface area contributed by atoms with E-state index in [1.807, 2.05) is 0 Å². The van der Waals surface area contributed by atoms with Gasteiger partial charge in [-0.05, 0) is 30.5 Å². The molecule has 3 aromatic heterocycles. The van der Waals surface area contributed by atoms with Gasteiger partial charge in [-0.1, -0.05) is 0 Å². The monoisotopic (exact) mass is 562 g/mol. The summed E-state index contributed by atoms with van der Waals surface area (Å²) in [5.41, 5.74) is 10.9. The van der Waals surface area contributed by atoms with E-state index in [0.717, 1.165) is 12.1 Å². The van der Waals surface area contributed by atoms with Gasteiger partial charge in [0.25, 0.3) is 12.0 Å². The summed E-state index contributed by atoms with van der Waals surface area (Å²) in [4.78, 5) is 28.9. The molecule has 0 spiro atoms. The van der Waals surface area contributed by atoms with Gasteiger partial charge in [-0.3, -0.25) is 14.8 Å². The Hall–Kier alpha value is -4.24. The number of hydrogen-bond acceptors (Lipinski definition) is 9. The highest BCUT2D eigenvalue weighted by Gasteiger charge is 2.43. The highest BCUT2D eigenvalue weighted by molar-refractivity contribution is 5.71. The maximum Gasteiger partial charge on any atom is 0.280 e. The molecule has 1 fully saturated rings. The molecule has 5 rings (SSSR count). The summed E-state index contributed by atoms with van der Waals surface area (Å²) in [5, 5.41) is 10.1. The molecule has 1 aromatic carbocycles. The van der Waals surface area contributed by atoms with Gasteiger partial charge in [0.2, 0.25) is 5.95 Å². The lowest BCUT2D eigenvalue weighted by molar-refractivity contribution is -0.0529. The number of methoxy groups -OCH3 is 1. The number of aliphatic hydroxyl groups excluding tert-OH is 1. The number of benzene rings is 1. The fourth-order valence-corrected chi connectivity index (χ4v) is 5.01. The molecule has 4 aromatic rings. The number of nitrogens with one attached hydrogen (secondary N) is 1. The molecule has 0 saturated carbocycles. The second-order valence-corrected chi connectivity index (χ2v) is 9.70. The van der Waals surface area contributed by atoms with Crippen molar-refractivity contribution in [2.75, 3.05) is 30.8 Å².